The van der Waals surface area contributed by atoms with Crippen molar-refractivity contribution in [2.75, 3.05) is 18.4 Å². The number of carboxylic acid groups (broad SMARTS) is 1. The van der Waals surface area contributed by atoms with E-state index < -0.39 is 23.7 Å². The number of likely N-dealkylation sites (tertiary alicyclic amines) is 1. The lowest BCUT2D eigenvalue weighted by Crippen LogP contribution is -2.44. The number of nitriles is 1. The number of aliphatic carboxylic acids is 1. The Labute approximate surface area is 120 Å². The van der Waals surface area contributed by atoms with E-state index in [2.05, 4.69) is 5.32 Å². The lowest BCUT2D eigenvalue weighted by molar-refractivity contribution is -0.143. The topological polar surface area (TPSA) is 93.4 Å². The molecule has 1 aromatic rings. The van der Waals surface area contributed by atoms with Crippen LogP contribution in [0.4, 0.5) is 14.9 Å². The molecule has 1 heterocycles. The second-order valence-corrected chi connectivity index (χ2v) is 4.83. The van der Waals surface area contributed by atoms with Crippen molar-refractivity contribution in [1.82, 2.24) is 4.90 Å². The van der Waals surface area contributed by atoms with E-state index >= 15 is 0 Å². The number of hydrogen-bond acceptors (Lipinski definition) is 3. The molecule has 1 saturated heterocycles. The Morgan fingerprint density at radius 3 is 2.90 bits per heavy atom. The maximum atomic E-state index is 13.4. The number of halogens is 1. The first kappa shape index (κ1) is 14.8. The zero-order valence-corrected chi connectivity index (χ0v) is 11.2. The minimum atomic E-state index is -0.934. The van der Waals surface area contributed by atoms with Crippen LogP contribution < -0.4 is 5.32 Å². The SMILES string of the molecule is N#Cc1c(F)cccc1NC(=O)N1CCCC(C(=O)O)C1. The molecule has 110 valence electrons. The van der Waals surface area contributed by atoms with Crippen molar-refractivity contribution in [3.05, 3.63) is 29.6 Å². The van der Waals surface area contributed by atoms with Gasteiger partial charge in [0.2, 0.25) is 0 Å². The highest BCUT2D eigenvalue weighted by molar-refractivity contribution is 5.91. The second-order valence-electron chi connectivity index (χ2n) is 4.83. The van der Waals surface area contributed by atoms with Gasteiger partial charge in [0.1, 0.15) is 17.4 Å². The third-order valence-corrected chi connectivity index (χ3v) is 3.42. The van der Waals surface area contributed by atoms with E-state index in [1.165, 1.54) is 17.0 Å². The van der Waals surface area contributed by atoms with Crippen molar-refractivity contribution in [1.29, 1.82) is 5.26 Å². The number of nitrogens with one attached hydrogen (secondary N) is 1. The molecule has 0 spiro atoms. The summed E-state index contributed by atoms with van der Waals surface area (Å²) in [5.41, 5.74) is -0.155. The average Bonchev–Trinajstić information content (AvgIpc) is 2.47. The highest BCUT2D eigenvalue weighted by Gasteiger charge is 2.28. The third kappa shape index (κ3) is 3.28. The van der Waals surface area contributed by atoms with Crippen LogP contribution in [0.5, 0.6) is 0 Å². The summed E-state index contributed by atoms with van der Waals surface area (Å²) >= 11 is 0. The fourth-order valence-corrected chi connectivity index (χ4v) is 2.30. The predicted octanol–water partition coefficient (Wildman–Crippen LogP) is 2.03. The normalized spacial score (nSPS) is 17.9. The Kier molecular flexibility index (Phi) is 4.38. The number of benzene rings is 1. The summed E-state index contributed by atoms with van der Waals surface area (Å²) in [7, 11) is 0. The molecule has 0 aliphatic carbocycles. The summed E-state index contributed by atoms with van der Waals surface area (Å²) in [5.74, 6) is -2.24. The average molecular weight is 291 g/mol. The summed E-state index contributed by atoms with van der Waals surface area (Å²) in [6.07, 6.45) is 1.13. The van der Waals surface area contributed by atoms with Crippen LogP contribution in [0.2, 0.25) is 0 Å². The van der Waals surface area contributed by atoms with Crippen LogP contribution in [0.25, 0.3) is 0 Å². The maximum Gasteiger partial charge on any atom is 0.321 e. The van der Waals surface area contributed by atoms with Gasteiger partial charge in [-0.2, -0.15) is 5.26 Å². The molecular formula is C14H14FN3O3. The fraction of sp³-hybridized carbons (Fsp3) is 0.357. The maximum absolute atomic E-state index is 13.4. The van der Waals surface area contributed by atoms with Crippen LogP contribution in [-0.2, 0) is 4.79 Å². The molecule has 2 N–H and O–H groups in total. The Bertz CT molecular complexity index is 612. The Morgan fingerprint density at radius 2 is 2.24 bits per heavy atom. The van der Waals surface area contributed by atoms with Crippen LogP contribution in [0.1, 0.15) is 18.4 Å². The zero-order chi connectivity index (χ0) is 15.4. The molecule has 2 rings (SSSR count). The molecule has 0 aromatic heterocycles. The molecule has 1 unspecified atom stereocenters. The summed E-state index contributed by atoms with van der Waals surface area (Å²) in [6.45, 7) is 0.547. The molecule has 0 radical (unpaired) electrons. The fourth-order valence-electron chi connectivity index (χ4n) is 2.30. The van der Waals surface area contributed by atoms with Gasteiger partial charge in [0.25, 0.3) is 0 Å². The van der Waals surface area contributed by atoms with Gasteiger partial charge in [-0.1, -0.05) is 6.07 Å². The molecule has 21 heavy (non-hydrogen) atoms. The van der Waals surface area contributed by atoms with Crippen LogP contribution in [-0.4, -0.2) is 35.1 Å². The van der Waals surface area contributed by atoms with E-state index in [1.54, 1.807) is 6.07 Å². The van der Waals surface area contributed by atoms with Crippen molar-refractivity contribution in [3.8, 4) is 6.07 Å². The highest BCUT2D eigenvalue weighted by Crippen LogP contribution is 2.21. The molecule has 2 amide bonds. The van der Waals surface area contributed by atoms with Crippen molar-refractivity contribution in [3.63, 3.8) is 0 Å². The number of amides is 2. The first-order valence-corrected chi connectivity index (χ1v) is 6.50. The molecule has 1 fully saturated rings. The molecule has 1 aromatic carbocycles. The Hall–Kier alpha value is -2.62. The monoisotopic (exact) mass is 291 g/mol. The van der Waals surface area contributed by atoms with Crippen molar-refractivity contribution in [2.45, 2.75) is 12.8 Å². The number of hydrogen-bond donors (Lipinski definition) is 2. The lowest BCUT2D eigenvalue weighted by atomic mass is 9.99. The lowest BCUT2D eigenvalue weighted by Gasteiger charge is -2.30. The minimum Gasteiger partial charge on any atom is -0.481 e. The summed E-state index contributed by atoms with van der Waals surface area (Å²) in [5, 5.41) is 20.4. The van der Waals surface area contributed by atoms with Crippen molar-refractivity contribution >= 4 is 17.7 Å². The van der Waals surface area contributed by atoms with E-state index in [9.17, 15) is 14.0 Å². The van der Waals surface area contributed by atoms with E-state index in [0.29, 0.717) is 19.4 Å². The second kappa shape index (κ2) is 6.22. The van der Waals surface area contributed by atoms with Gasteiger partial charge in [0, 0.05) is 13.1 Å². The molecule has 7 heteroatoms. The smallest absolute Gasteiger partial charge is 0.321 e. The third-order valence-electron chi connectivity index (χ3n) is 3.42. The molecule has 1 aliphatic heterocycles. The molecule has 1 atom stereocenters. The van der Waals surface area contributed by atoms with E-state index in [-0.39, 0.29) is 17.8 Å². The van der Waals surface area contributed by atoms with Gasteiger partial charge in [-0.25, -0.2) is 9.18 Å². The Balaban J connectivity index is 2.10. The number of carboxylic acids is 1. The molecule has 1 aliphatic rings. The van der Waals surface area contributed by atoms with Crippen molar-refractivity contribution < 1.29 is 19.1 Å². The molecular weight excluding hydrogens is 277 g/mol. The first-order chi connectivity index (χ1) is 10.0. The van der Waals surface area contributed by atoms with Crippen LogP contribution in [0, 0.1) is 23.1 Å². The largest absolute Gasteiger partial charge is 0.481 e. The van der Waals surface area contributed by atoms with Gasteiger partial charge in [0.05, 0.1) is 11.6 Å². The quantitative estimate of drug-likeness (QED) is 0.871. The molecule has 6 nitrogen and oxygen atoms in total. The van der Waals surface area contributed by atoms with Crippen LogP contribution in [0.15, 0.2) is 18.2 Å². The van der Waals surface area contributed by atoms with E-state index in [0.717, 1.165) is 6.07 Å². The number of piperidine rings is 1. The van der Waals surface area contributed by atoms with Crippen LogP contribution in [0.3, 0.4) is 0 Å². The van der Waals surface area contributed by atoms with Crippen LogP contribution >= 0.6 is 0 Å². The minimum absolute atomic E-state index is 0.0833. The predicted molar refractivity (Wildman–Crippen MR) is 72.1 cm³/mol. The van der Waals surface area contributed by atoms with Gasteiger partial charge < -0.3 is 15.3 Å². The van der Waals surface area contributed by atoms with E-state index in [1.807, 2.05) is 0 Å². The van der Waals surface area contributed by atoms with E-state index in [4.69, 9.17) is 10.4 Å². The van der Waals surface area contributed by atoms with Gasteiger partial charge in [-0.05, 0) is 25.0 Å². The number of nitrogens with zero attached hydrogens (tertiary/aromatic N) is 2. The molecule has 0 bridgehead atoms. The number of carbonyl (C=O) groups is 2. The van der Waals surface area contributed by atoms with Crippen molar-refractivity contribution in [2.24, 2.45) is 5.92 Å². The zero-order valence-electron chi connectivity index (χ0n) is 11.2. The van der Waals surface area contributed by atoms with Gasteiger partial charge in [0.15, 0.2) is 0 Å². The number of carbonyl (C=O) groups excluding carboxylic acids is 1. The highest BCUT2D eigenvalue weighted by atomic mass is 19.1. The summed E-state index contributed by atoms with van der Waals surface area (Å²) < 4.78 is 13.4. The summed E-state index contributed by atoms with van der Waals surface area (Å²) in [4.78, 5) is 24.4. The summed E-state index contributed by atoms with van der Waals surface area (Å²) in [6, 6.07) is 5.13. The first-order valence-electron chi connectivity index (χ1n) is 6.50. The number of rotatable bonds is 2. The Morgan fingerprint density at radius 1 is 1.48 bits per heavy atom. The number of urea groups is 1. The number of anilines is 1. The van der Waals surface area contributed by atoms with Gasteiger partial charge >= 0.3 is 12.0 Å². The van der Waals surface area contributed by atoms with Gasteiger partial charge in [-0.15, -0.1) is 0 Å². The van der Waals surface area contributed by atoms with Gasteiger partial charge in [-0.3, -0.25) is 4.79 Å². The molecule has 0 saturated carbocycles. The standard InChI is InChI=1S/C14H14FN3O3/c15-11-4-1-5-12(10(11)7-16)17-14(21)18-6-2-3-9(8-18)13(19)20/h1,4-5,9H,2-3,6,8H2,(H,17,21)(H,19,20).